The molecule has 2 aliphatic heterocycles. The zero-order chi connectivity index (χ0) is 19.8. The van der Waals surface area contributed by atoms with Gasteiger partial charge in [-0.05, 0) is 37.5 Å². The van der Waals surface area contributed by atoms with E-state index in [1.54, 1.807) is 12.1 Å². The van der Waals surface area contributed by atoms with Gasteiger partial charge in [0, 0.05) is 30.7 Å². The van der Waals surface area contributed by atoms with Crippen molar-refractivity contribution in [3.63, 3.8) is 0 Å². The first kappa shape index (κ1) is 20.6. The summed E-state index contributed by atoms with van der Waals surface area (Å²) in [7, 11) is -3.70. The molecule has 1 amide bonds. The maximum Gasteiger partial charge on any atom is 0.391 e. The van der Waals surface area contributed by atoms with E-state index in [2.05, 4.69) is 15.9 Å². The van der Waals surface area contributed by atoms with Crippen LogP contribution >= 0.6 is 15.9 Å². The highest BCUT2D eigenvalue weighted by atomic mass is 79.9. The molecule has 2 saturated heterocycles. The molecule has 5 nitrogen and oxygen atoms in total. The van der Waals surface area contributed by atoms with E-state index < -0.39 is 28.0 Å². The number of benzene rings is 1. The van der Waals surface area contributed by atoms with E-state index in [-0.39, 0.29) is 49.8 Å². The number of alkyl halides is 3. The second-order valence-corrected chi connectivity index (χ2v) is 9.80. The number of hydrogen-bond donors (Lipinski definition) is 0. The first-order chi connectivity index (χ1) is 12.6. The molecule has 2 heterocycles. The van der Waals surface area contributed by atoms with Gasteiger partial charge in [0.2, 0.25) is 15.9 Å². The van der Waals surface area contributed by atoms with Gasteiger partial charge in [0.1, 0.15) is 0 Å². The summed E-state index contributed by atoms with van der Waals surface area (Å²) in [6.07, 6.45) is -4.04. The number of hydrogen-bond acceptors (Lipinski definition) is 3. The van der Waals surface area contributed by atoms with Crippen molar-refractivity contribution >= 4 is 31.9 Å². The van der Waals surface area contributed by atoms with E-state index in [4.69, 9.17) is 0 Å². The van der Waals surface area contributed by atoms with Gasteiger partial charge in [-0.1, -0.05) is 22.0 Å². The molecule has 0 spiro atoms. The maximum absolute atomic E-state index is 12.8. The molecule has 3 rings (SSSR count). The van der Waals surface area contributed by atoms with Crippen LogP contribution in [0.15, 0.2) is 33.6 Å². The van der Waals surface area contributed by atoms with Gasteiger partial charge in [0.25, 0.3) is 0 Å². The average Bonchev–Trinajstić information content (AvgIpc) is 3.11. The van der Waals surface area contributed by atoms with Gasteiger partial charge >= 0.3 is 6.18 Å². The Morgan fingerprint density at radius 2 is 1.78 bits per heavy atom. The number of rotatable bonds is 3. The minimum Gasteiger partial charge on any atom is -0.342 e. The number of carbonyl (C=O) groups excluding carboxylic acids is 1. The number of likely N-dealkylation sites (tertiary alicyclic amines) is 1. The third kappa shape index (κ3) is 4.48. The Morgan fingerprint density at radius 3 is 2.37 bits per heavy atom. The predicted molar refractivity (Wildman–Crippen MR) is 96.4 cm³/mol. The molecule has 1 unspecified atom stereocenters. The molecule has 0 radical (unpaired) electrons. The number of carbonyl (C=O) groups is 1. The topological polar surface area (TPSA) is 57.7 Å². The van der Waals surface area contributed by atoms with E-state index >= 15 is 0 Å². The van der Waals surface area contributed by atoms with E-state index in [1.165, 1.54) is 21.3 Å². The average molecular weight is 469 g/mol. The van der Waals surface area contributed by atoms with E-state index in [0.717, 1.165) is 0 Å². The van der Waals surface area contributed by atoms with Crippen LogP contribution in [0.3, 0.4) is 0 Å². The smallest absolute Gasteiger partial charge is 0.342 e. The van der Waals surface area contributed by atoms with Gasteiger partial charge in [0.05, 0.1) is 16.7 Å². The molecule has 1 aromatic carbocycles. The van der Waals surface area contributed by atoms with E-state index in [0.29, 0.717) is 10.9 Å². The highest BCUT2D eigenvalue weighted by Gasteiger charge is 2.43. The van der Waals surface area contributed by atoms with Crippen LogP contribution in [0.1, 0.15) is 19.3 Å². The summed E-state index contributed by atoms with van der Waals surface area (Å²) < 4.78 is 65.7. The summed E-state index contributed by atoms with van der Waals surface area (Å²) in [6, 6.07) is 6.35. The lowest BCUT2D eigenvalue weighted by atomic mass is 9.95. The molecule has 2 aliphatic rings. The van der Waals surface area contributed by atoms with Crippen molar-refractivity contribution in [1.82, 2.24) is 9.21 Å². The fraction of sp³-hybridized carbons (Fsp3) is 0.588. The lowest BCUT2D eigenvalue weighted by Gasteiger charge is -2.34. The molecule has 2 fully saturated rings. The summed E-state index contributed by atoms with van der Waals surface area (Å²) in [5.74, 6) is -2.12. The van der Waals surface area contributed by atoms with Gasteiger partial charge < -0.3 is 4.90 Å². The quantitative estimate of drug-likeness (QED) is 0.683. The minimum absolute atomic E-state index is 0.0624. The third-order valence-corrected chi connectivity index (χ3v) is 7.56. The number of piperidine rings is 1. The monoisotopic (exact) mass is 468 g/mol. The van der Waals surface area contributed by atoms with Crippen LogP contribution in [0.4, 0.5) is 13.2 Å². The van der Waals surface area contributed by atoms with Crippen LogP contribution in [0, 0.1) is 11.8 Å². The zero-order valence-electron chi connectivity index (χ0n) is 14.5. The predicted octanol–water partition coefficient (Wildman–Crippen LogP) is 3.26. The Kier molecular flexibility index (Phi) is 5.88. The lowest BCUT2D eigenvalue weighted by Crippen LogP contribution is -2.45. The molecule has 10 heteroatoms. The Bertz CT molecular complexity index is 808. The molecule has 0 aromatic heterocycles. The second kappa shape index (κ2) is 7.71. The maximum atomic E-state index is 12.8. The van der Waals surface area contributed by atoms with Crippen LogP contribution in [-0.2, 0) is 14.8 Å². The minimum atomic E-state index is -4.22. The van der Waals surface area contributed by atoms with Crippen LogP contribution in [0.25, 0.3) is 0 Å². The van der Waals surface area contributed by atoms with Gasteiger partial charge in [-0.3, -0.25) is 4.79 Å². The number of halogens is 4. The van der Waals surface area contributed by atoms with Gasteiger partial charge in [-0.2, -0.15) is 17.5 Å². The van der Waals surface area contributed by atoms with Crippen LogP contribution in [0.5, 0.6) is 0 Å². The highest BCUT2D eigenvalue weighted by molar-refractivity contribution is 9.10. The van der Waals surface area contributed by atoms with Crippen LogP contribution < -0.4 is 0 Å². The van der Waals surface area contributed by atoms with Crippen molar-refractivity contribution in [3.8, 4) is 0 Å². The first-order valence-corrected chi connectivity index (χ1v) is 10.9. The Morgan fingerprint density at radius 1 is 1.11 bits per heavy atom. The summed E-state index contributed by atoms with van der Waals surface area (Å²) in [4.78, 5) is 14.2. The first-order valence-electron chi connectivity index (χ1n) is 8.70. The fourth-order valence-corrected chi connectivity index (χ4v) is 5.71. The van der Waals surface area contributed by atoms with E-state index in [9.17, 15) is 26.4 Å². The van der Waals surface area contributed by atoms with Crippen LogP contribution in [-0.4, -0.2) is 55.9 Å². The Hall–Kier alpha value is -1.13. The fourth-order valence-electron chi connectivity index (χ4n) is 3.61. The standard InChI is InChI=1S/C17H20BrF3N2O3S/c18-14-2-1-3-15(10-14)27(25,26)23-9-4-12(11-23)16(24)22-7-5-13(6-8-22)17(19,20)21/h1-3,10,12-13H,4-9,11H2. The van der Waals surface area contributed by atoms with Crippen molar-refractivity contribution < 1.29 is 26.4 Å². The molecule has 0 N–H and O–H groups in total. The molecular formula is C17H20BrF3N2O3S. The molecular weight excluding hydrogens is 449 g/mol. The van der Waals surface area contributed by atoms with E-state index in [1.807, 2.05) is 0 Å². The Balaban J connectivity index is 1.62. The molecule has 27 heavy (non-hydrogen) atoms. The van der Waals surface area contributed by atoms with Gasteiger partial charge in [-0.15, -0.1) is 0 Å². The summed E-state index contributed by atoms with van der Waals surface area (Å²) in [5, 5.41) is 0. The lowest BCUT2D eigenvalue weighted by molar-refractivity contribution is -0.186. The van der Waals surface area contributed by atoms with Crippen molar-refractivity contribution in [2.45, 2.75) is 30.3 Å². The zero-order valence-corrected chi connectivity index (χ0v) is 16.9. The molecule has 0 bridgehead atoms. The number of nitrogens with zero attached hydrogens (tertiary/aromatic N) is 2. The van der Waals surface area contributed by atoms with Crippen molar-refractivity contribution in [2.24, 2.45) is 11.8 Å². The van der Waals surface area contributed by atoms with Crippen molar-refractivity contribution in [3.05, 3.63) is 28.7 Å². The molecule has 0 aliphatic carbocycles. The largest absolute Gasteiger partial charge is 0.391 e. The highest BCUT2D eigenvalue weighted by Crippen LogP contribution is 2.35. The Labute approximate surface area is 164 Å². The normalized spacial score (nSPS) is 23.0. The number of amides is 1. The summed E-state index contributed by atoms with van der Waals surface area (Å²) >= 11 is 3.25. The second-order valence-electron chi connectivity index (χ2n) is 6.95. The molecule has 1 aromatic rings. The van der Waals surface area contributed by atoms with Crippen LogP contribution in [0.2, 0.25) is 0 Å². The number of sulfonamides is 1. The molecule has 1 atom stereocenters. The van der Waals surface area contributed by atoms with Gasteiger partial charge in [-0.25, -0.2) is 8.42 Å². The molecule has 150 valence electrons. The van der Waals surface area contributed by atoms with Gasteiger partial charge in [0.15, 0.2) is 0 Å². The third-order valence-electron chi connectivity index (χ3n) is 5.20. The summed E-state index contributed by atoms with van der Waals surface area (Å²) in [5.41, 5.74) is 0. The van der Waals surface area contributed by atoms with Crippen molar-refractivity contribution in [1.29, 1.82) is 0 Å². The SMILES string of the molecule is O=C(C1CCN(S(=O)(=O)c2cccc(Br)c2)C1)N1CCC(C(F)(F)F)CC1. The van der Waals surface area contributed by atoms with Crippen molar-refractivity contribution in [2.75, 3.05) is 26.2 Å². The molecule has 0 saturated carbocycles. The summed E-state index contributed by atoms with van der Waals surface area (Å²) in [6.45, 7) is 0.424.